The van der Waals surface area contributed by atoms with E-state index in [9.17, 15) is 9.59 Å². The van der Waals surface area contributed by atoms with Gasteiger partial charge < -0.3 is 19.9 Å². The largest absolute Gasteiger partial charge is 0.444 e. The van der Waals surface area contributed by atoms with Crippen LogP contribution in [0.3, 0.4) is 0 Å². The molecule has 2 amide bonds. The van der Waals surface area contributed by atoms with Crippen LogP contribution in [0, 0.1) is 5.92 Å². The van der Waals surface area contributed by atoms with E-state index in [1.807, 2.05) is 26.8 Å². The molecule has 0 aliphatic carbocycles. The Morgan fingerprint density at radius 1 is 1.19 bits per heavy atom. The lowest BCUT2D eigenvalue weighted by Gasteiger charge is -2.36. The Balaban J connectivity index is 1.52. The van der Waals surface area contributed by atoms with Crippen molar-refractivity contribution in [1.82, 2.24) is 14.9 Å². The van der Waals surface area contributed by atoms with E-state index < -0.39 is 5.60 Å². The highest BCUT2D eigenvalue weighted by molar-refractivity contribution is 7.09. The van der Waals surface area contributed by atoms with Crippen molar-refractivity contribution in [3.05, 3.63) is 34.4 Å². The van der Waals surface area contributed by atoms with Crippen LogP contribution in [-0.4, -0.2) is 58.6 Å². The van der Waals surface area contributed by atoms with Gasteiger partial charge in [-0.2, -0.15) is 0 Å². The molecule has 0 saturated carbocycles. The first-order chi connectivity index (χ1) is 14.6. The van der Waals surface area contributed by atoms with Gasteiger partial charge in [0.25, 0.3) is 5.91 Å². The highest BCUT2D eigenvalue weighted by atomic mass is 32.1. The summed E-state index contributed by atoms with van der Waals surface area (Å²) in [6.07, 6.45) is 2.33. The van der Waals surface area contributed by atoms with Gasteiger partial charge in [-0.15, -0.1) is 11.3 Å². The zero-order valence-electron chi connectivity index (χ0n) is 18.8. The number of carbonyl (C=O) groups excluding carboxylic acids is 2. The highest BCUT2D eigenvalue weighted by Gasteiger charge is 2.26. The zero-order valence-corrected chi connectivity index (χ0v) is 19.7. The lowest BCUT2D eigenvalue weighted by atomic mass is 10.1. The summed E-state index contributed by atoms with van der Waals surface area (Å²) in [5.74, 6) is 0.735. The van der Waals surface area contributed by atoms with E-state index in [4.69, 9.17) is 4.74 Å². The molecule has 0 spiro atoms. The monoisotopic (exact) mass is 445 g/mol. The summed E-state index contributed by atoms with van der Waals surface area (Å²) in [5, 5.41) is 5.55. The molecule has 2 aromatic heterocycles. The van der Waals surface area contributed by atoms with E-state index in [1.165, 1.54) is 11.3 Å². The van der Waals surface area contributed by atoms with Gasteiger partial charge in [0, 0.05) is 38.0 Å². The third-order valence-corrected chi connectivity index (χ3v) is 5.52. The summed E-state index contributed by atoms with van der Waals surface area (Å²) < 4.78 is 5.44. The molecular weight excluding hydrogens is 414 g/mol. The third-order valence-electron chi connectivity index (χ3n) is 4.65. The molecule has 0 radical (unpaired) electrons. The van der Waals surface area contributed by atoms with E-state index in [0.717, 1.165) is 17.1 Å². The standard InChI is InChI=1S/C22H31N5O3S/c1-15(2)12-19-24-17(14-31-19)20(28)25-18-7-6-16(13-23-18)26-8-10-27(11-9-26)21(29)30-22(3,4)5/h6-7,13-15H,8-12H2,1-5H3,(H,23,25,28). The Morgan fingerprint density at radius 3 is 2.48 bits per heavy atom. The molecule has 0 atom stereocenters. The fourth-order valence-electron chi connectivity index (χ4n) is 3.16. The molecule has 1 N–H and O–H groups in total. The number of ether oxygens (including phenoxy) is 1. The molecule has 31 heavy (non-hydrogen) atoms. The number of hydrogen-bond acceptors (Lipinski definition) is 7. The summed E-state index contributed by atoms with van der Waals surface area (Å²) in [4.78, 5) is 37.3. The van der Waals surface area contributed by atoms with Gasteiger partial charge in [0.1, 0.15) is 17.1 Å². The first kappa shape index (κ1) is 23.0. The first-order valence-electron chi connectivity index (χ1n) is 10.6. The van der Waals surface area contributed by atoms with E-state index in [1.54, 1.807) is 22.5 Å². The van der Waals surface area contributed by atoms with Gasteiger partial charge in [-0.25, -0.2) is 14.8 Å². The number of rotatable bonds is 5. The summed E-state index contributed by atoms with van der Waals surface area (Å²) in [5.41, 5.74) is 0.881. The van der Waals surface area contributed by atoms with Crippen molar-refractivity contribution in [2.45, 2.75) is 46.6 Å². The summed E-state index contributed by atoms with van der Waals surface area (Å²) in [7, 11) is 0. The van der Waals surface area contributed by atoms with Crippen LogP contribution in [0.4, 0.5) is 16.3 Å². The van der Waals surface area contributed by atoms with Crippen molar-refractivity contribution in [3.8, 4) is 0 Å². The van der Waals surface area contributed by atoms with Crippen molar-refractivity contribution in [1.29, 1.82) is 0 Å². The number of carbonyl (C=O) groups is 2. The maximum absolute atomic E-state index is 12.4. The molecule has 1 saturated heterocycles. The molecule has 0 unspecified atom stereocenters. The lowest BCUT2D eigenvalue weighted by Crippen LogP contribution is -2.50. The van der Waals surface area contributed by atoms with Crippen LogP contribution in [0.5, 0.6) is 0 Å². The van der Waals surface area contributed by atoms with Gasteiger partial charge in [-0.1, -0.05) is 13.8 Å². The maximum atomic E-state index is 12.4. The quantitative estimate of drug-likeness (QED) is 0.747. The highest BCUT2D eigenvalue weighted by Crippen LogP contribution is 2.20. The number of hydrogen-bond donors (Lipinski definition) is 1. The van der Waals surface area contributed by atoms with E-state index >= 15 is 0 Å². The molecule has 0 bridgehead atoms. The number of aromatic nitrogens is 2. The van der Waals surface area contributed by atoms with Gasteiger partial charge in [0.05, 0.1) is 16.9 Å². The zero-order chi connectivity index (χ0) is 22.6. The molecule has 8 nitrogen and oxygen atoms in total. The van der Waals surface area contributed by atoms with Gasteiger partial charge >= 0.3 is 6.09 Å². The lowest BCUT2D eigenvalue weighted by molar-refractivity contribution is 0.0240. The molecule has 3 heterocycles. The number of nitrogens with one attached hydrogen (secondary N) is 1. The second-order valence-corrected chi connectivity index (χ2v) is 9.98. The number of amides is 2. The summed E-state index contributed by atoms with van der Waals surface area (Å²) >= 11 is 1.51. The Bertz CT molecular complexity index is 897. The van der Waals surface area contributed by atoms with Crippen LogP contribution in [0.1, 0.15) is 50.1 Å². The van der Waals surface area contributed by atoms with Crippen LogP contribution < -0.4 is 10.2 Å². The van der Waals surface area contributed by atoms with E-state index in [2.05, 4.69) is 34.0 Å². The van der Waals surface area contributed by atoms with Crippen LogP contribution in [0.25, 0.3) is 0 Å². The van der Waals surface area contributed by atoms with Crippen LogP contribution >= 0.6 is 11.3 Å². The van der Waals surface area contributed by atoms with Crippen molar-refractivity contribution in [2.75, 3.05) is 36.4 Å². The van der Waals surface area contributed by atoms with E-state index in [-0.39, 0.29) is 12.0 Å². The second kappa shape index (κ2) is 9.64. The molecular formula is C22H31N5O3S. The van der Waals surface area contributed by atoms with Crippen molar-refractivity contribution in [2.24, 2.45) is 5.92 Å². The Labute approximate surface area is 187 Å². The average molecular weight is 446 g/mol. The van der Waals surface area contributed by atoms with E-state index in [0.29, 0.717) is 43.6 Å². The summed E-state index contributed by atoms with van der Waals surface area (Å²) in [6.45, 7) is 12.4. The molecule has 1 aliphatic heterocycles. The van der Waals surface area contributed by atoms with Crippen molar-refractivity contribution in [3.63, 3.8) is 0 Å². The van der Waals surface area contributed by atoms with Gasteiger partial charge in [-0.05, 0) is 38.8 Å². The molecule has 9 heteroatoms. The summed E-state index contributed by atoms with van der Waals surface area (Å²) in [6, 6.07) is 3.71. The van der Waals surface area contributed by atoms with Gasteiger partial charge in [-0.3, -0.25) is 4.79 Å². The topological polar surface area (TPSA) is 87.7 Å². The molecule has 3 rings (SSSR count). The number of nitrogens with zero attached hydrogens (tertiary/aromatic N) is 4. The molecule has 1 aliphatic rings. The van der Waals surface area contributed by atoms with Crippen LogP contribution in [-0.2, 0) is 11.2 Å². The fraction of sp³-hybridized carbons (Fsp3) is 0.545. The van der Waals surface area contributed by atoms with Crippen LogP contribution in [0.2, 0.25) is 0 Å². The minimum absolute atomic E-state index is 0.252. The smallest absolute Gasteiger partial charge is 0.410 e. The number of piperazine rings is 1. The Morgan fingerprint density at radius 2 is 1.90 bits per heavy atom. The minimum Gasteiger partial charge on any atom is -0.444 e. The van der Waals surface area contributed by atoms with Crippen LogP contribution in [0.15, 0.2) is 23.7 Å². The SMILES string of the molecule is CC(C)Cc1nc(C(=O)Nc2ccc(N3CCN(C(=O)OC(C)(C)C)CC3)cn2)cs1. The Hall–Kier alpha value is -2.68. The third kappa shape index (κ3) is 6.65. The minimum atomic E-state index is -0.493. The Kier molecular flexibility index (Phi) is 7.15. The normalized spacial score (nSPS) is 14.6. The maximum Gasteiger partial charge on any atom is 0.410 e. The molecule has 2 aromatic rings. The number of thiazole rings is 1. The van der Waals surface area contributed by atoms with Gasteiger partial charge in [0.15, 0.2) is 0 Å². The predicted molar refractivity (Wildman–Crippen MR) is 123 cm³/mol. The van der Waals surface area contributed by atoms with Gasteiger partial charge in [0.2, 0.25) is 0 Å². The second-order valence-electron chi connectivity index (χ2n) is 9.03. The van der Waals surface area contributed by atoms with Crippen molar-refractivity contribution < 1.29 is 14.3 Å². The van der Waals surface area contributed by atoms with Crippen molar-refractivity contribution >= 4 is 34.8 Å². The fourth-order valence-corrected chi connectivity index (χ4v) is 4.15. The predicted octanol–water partition coefficient (Wildman–Crippen LogP) is 4.05. The molecule has 0 aromatic carbocycles. The number of anilines is 2. The first-order valence-corrected chi connectivity index (χ1v) is 11.4. The molecule has 168 valence electrons. The average Bonchev–Trinajstić information content (AvgIpc) is 3.15. The number of pyridine rings is 1. The molecule has 1 fully saturated rings.